The Kier molecular flexibility index (Phi) is 4.35. The lowest BCUT2D eigenvalue weighted by Gasteiger charge is -2.26. The topological polar surface area (TPSA) is 47.6 Å². The molecule has 1 N–H and O–H groups in total. The number of amides is 1. The molecule has 0 saturated heterocycles. The highest BCUT2D eigenvalue weighted by atomic mass is 16.5. The van der Waals surface area contributed by atoms with Crippen LogP contribution in [0, 0.1) is 5.92 Å². The number of rotatable bonds is 5. The van der Waals surface area contributed by atoms with E-state index in [1.54, 1.807) is 7.11 Å². The van der Waals surface area contributed by atoms with E-state index in [1.165, 1.54) is 11.1 Å². The van der Waals surface area contributed by atoms with E-state index >= 15 is 0 Å². The quantitative estimate of drug-likeness (QED) is 0.910. The van der Waals surface area contributed by atoms with Crippen molar-refractivity contribution >= 4 is 5.91 Å². The smallest absolute Gasteiger partial charge is 0.251 e. The summed E-state index contributed by atoms with van der Waals surface area (Å²) in [6.07, 6.45) is 4.15. The molecule has 1 unspecified atom stereocenters. The summed E-state index contributed by atoms with van der Waals surface area (Å²) in [4.78, 5) is 12.1. The fourth-order valence-corrected chi connectivity index (χ4v) is 3.37. The maximum atomic E-state index is 12.1. The van der Waals surface area contributed by atoms with Gasteiger partial charge in [-0.05, 0) is 55.0 Å². The number of benzene rings is 2. The zero-order valence-corrected chi connectivity index (χ0v) is 14.5. The van der Waals surface area contributed by atoms with Crippen molar-refractivity contribution in [1.29, 1.82) is 0 Å². The zero-order chi connectivity index (χ0) is 17.2. The number of para-hydroxylation sites is 1. The molecule has 1 amide bonds. The summed E-state index contributed by atoms with van der Waals surface area (Å²) in [5.74, 6) is 2.16. The third-order valence-corrected chi connectivity index (χ3v) is 4.91. The minimum absolute atomic E-state index is 0.0380. The van der Waals surface area contributed by atoms with E-state index in [1.807, 2.05) is 24.3 Å². The molecule has 4 nitrogen and oxygen atoms in total. The fourth-order valence-electron chi connectivity index (χ4n) is 3.37. The summed E-state index contributed by atoms with van der Waals surface area (Å²) in [6, 6.07) is 14.4. The van der Waals surface area contributed by atoms with Crippen LogP contribution in [0.25, 0.3) is 0 Å². The number of carbonyl (C=O) groups is 1. The van der Waals surface area contributed by atoms with E-state index in [0.29, 0.717) is 18.6 Å². The van der Waals surface area contributed by atoms with Gasteiger partial charge in [0.2, 0.25) is 0 Å². The van der Waals surface area contributed by atoms with Crippen molar-refractivity contribution in [2.24, 2.45) is 5.92 Å². The second-order valence-corrected chi connectivity index (χ2v) is 6.98. The highest BCUT2D eigenvalue weighted by Gasteiger charge is 2.24. The van der Waals surface area contributed by atoms with Crippen LogP contribution in [-0.4, -0.2) is 25.7 Å². The van der Waals surface area contributed by atoms with Crippen LogP contribution >= 0.6 is 0 Å². The molecule has 1 heterocycles. The first kappa shape index (κ1) is 16.0. The van der Waals surface area contributed by atoms with Crippen molar-refractivity contribution < 1.29 is 14.3 Å². The summed E-state index contributed by atoms with van der Waals surface area (Å²) in [7, 11) is 1.67. The van der Waals surface area contributed by atoms with Crippen molar-refractivity contribution in [3.8, 4) is 11.5 Å². The Morgan fingerprint density at radius 1 is 1.20 bits per heavy atom. The second kappa shape index (κ2) is 6.79. The van der Waals surface area contributed by atoms with E-state index in [9.17, 15) is 4.79 Å². The highest BCUT2D eigenvalue weighted by molar-refractivity contribution is 5.94. The lowest BCUT2D eigenvalue weighted by atomic mass is 9.90. The Balaban J connectivity index is 1.40. The monoisotopic (exact) mass is 337 g/mol. The molecule has 130 valence electrons. The van der Waals surface area contributed by atoms with E-state index in [-0.39, 0.29) is 5.91 Å². The summed E-state index contributed by atoms with van der Waals surface area (Å²) in [5, 5.41) is 3.02. The number of methoxy groups -OCH3 is 1. The van der Waals surface area contributed by atoms with Gasteiger partial charge < -0.3 is 14.8 Å². The van der Waals surface area contributed by atoms with Gasteiger partial charge in [0, 0.05) is 17.5 Å². The molecule has 2 aromatic rings. The Hall–Kier alpha value is -2.49. The van der Waals surface area contributed by atoms with Gasteiger partial charge in [0.1, 0.15) is 0 Å². The molecule has 0 spiro atoms. The summed E-state index contributed by atoms with van der Waals surface area (Å²) >= 11 is 0. The second-order valence-electron chi connectivity index (χ2n) is 6.98. The van der Waals surface area contributed by atoms with Crippen LogP contribution < -0.4 is 14.8 Å². The number of fused-ring (bicyclic) bond motifs is 1. The van der Waals surface area contributed by atoms with E-state index in [4.69, 9.17) is 9.47 Å². The van der Waals surface area contributed by atoms with Crippen LogP contribution in [0.5, 0.6) is 11.5 Å². The molecule has 0 bridgehead atoms. The minimum atomic E-state index is 0.0380. The minimum Gasteiger partial charge on any atom is -0.493 e. The Bertz CT molecular complexity index is 765. The van der Waals surface area contributed by atoms with E-state index < -0.39 is 0 Å². The van der Waals surface area contributed by atoms with Crippen LogP contribution in [0.15, 0.2) is 42.5 Å². The van der Waals surface area contributed by atoms with Gasteiger partial charge in [-0.1, -0.05) is 24.3 Å². The summed E-state index contributed by atoms with van der Waals surface area (Å²) in [6.45, 7) is 0.692. The van der Waals surface area contributed by atoms with Gasteiger partial charge in [0.25, 0.3) is 5.91 Å². The molecule has 1 saturated carbocycles. The summed E-state index contributed by atoms with van der Waals surface area (Å²) < 4.78 is 11.3. The van der Waals surface area contributed by atoms with Gasteiger partial charge in [-0.15, -0.1) is 0 Å². The van der Waals surface area contributed by atoms with Gasteiger partial charge >= 0.3 is 0 Å². The molecule has 1 aliphatic heterocycles. The fraction of sp³-hybridized carbons (Fsp3) is 0.381. The highest BCUT2D eigenvalue weighted by Crippen LogP contribution is 2.36. The van der Waals surface area contributed by atoms with Crippen molar-refractivity contribution in [3.05, 3.63) is 59.2 Å². The van der Waals surface area contributed by atoms with Crippen molar-refractivity contribution in [2.45, 2.75) is 31.7 Å². The molecule has 25 heavy (non-hydrogen) atoms. The molecule has 0 radical (unpaired) electrons. The van der Waals surface area contributed by atoms with Gasteiger partial charge in [-0.3, -0.25) is 4.79 Å². The van der Waals surface area contributed by atoms with Gasteiger partial charge in [-0.2, -0.15) is 0 Å². The standard InChI is InChI=1S/C21H23NO3/c1-24-19-4-2-3-17-12-15(13-25-20(17)19)11-14-5-7-16(8-6-14)21(23)22-18-9-10-18/h2-8,15,18H,9-13H2,1H3,(H,22,23). The Labute approximate surface area is 148 Å². The molecule has 4 heteroatoms. The molecule has 1 fully saturated rings. The average molecular weight is 337 g/mol. The first-order valence-corrected chi connectivity index (χ1v) is 8.91. The molecule has 1 aliphatic carbocycles. The largest absolute Gasteiger partial charge is 0.493 e. The van der Waals surface area contributed by atoms with Gasteiger partial charge in [-0.25, -0.2) is 0 Å². The lowest BCUT2D eigenvalue weighted by molar-refractivity contribution is 0.0951. The first-order valence-electron chi connectivity index (χ1n) is 8.91. The molecule has 2 aromatic carbocycles. The predicted octanol–water partition coefficient (Wildman–Crippen LogP) is 3.38. The number of nitrogens with one attached hydrogen (secondary N) is 1. The van der Waals surface area contributed by atoms with E-state index in [0.717, 1.165) is 42.7 Å². The first-order chi connectivity index (χ1) is 12.2. The van der Waals surface area contributed by atoms with Crippen LogP contribution in [0.2, 0.25) is 0 Å². The third-order valence-electron chi connectivity index (χ3n) is 4.91. The van der Waals surface area contributed by atoms with Crippen LogP contribution in [0.3, 0.4) is 0 Å². The number of hydrogen-bond acceptors (Lipinski definition) is 3. The van der Waals surface area contributed by atoms with Gasteiger partial charge in [0.15, 0.2) is 11.5 Å². The SMILES string of the molecule is COc1cccc2c1OCC(Cc1ccc(C(=O)NC3CC3)cc1)C2. The van der Waals surface area contributed by atoms with Crippen LogP contribution in [-0.2, 0) is 12.8 Å². The van der Waals surface area contributed by atoms with Crippen molar-refractivity contribution in [1.82, 2.24) is 5.32 Å². The van der Waals surface area contributed by atoms with Crippen molar-refractivity contribution in [2.75, 3.05) is 13.7 Å². The third kappa shape index (κ3) is 3.63. The van der Waals surface area contributed by atoms with Crippen LogP contribution in [0.4, 0.5) is 0 Å². The maximum Gasteiger partial charge on any atom is 0.251 e. The van der Waals surface area contributed by atoms with Crippen molar-refractivity contribution in [3.63, 3.8) is 0 Å². The predicted molar refractivity (Wildman–Crippen MR) is 96.3 cm³/mol. The van der Waals surface area contributed by atoms with Gasteiger partial charge in [0.05, 0.1) is 13.7 Å². The Morgan fingerprint density at radius 2 is 2.00 bits per heavy atom. The Morgan fingerprint density at radius 3 is 2.72 bits per heavy atom. The van der Waals surface area contributed by atoms with E-state index in [2.05, 4.69) is 23.5 Å². The van der Waals surface area contributed by atoms with Crippen LogP contribution in [0.1, 0.15) is 34.3 Å². The number of hydrogen-bond donors (Lipinski definition) is 1. The maximum absolute atomic E-state index is 12.1. The average Bonchev–Trinajstić information content (AvgIpc) is 3.45. The normalized spacial score (nSPS) is 18.8. The number of ether oxygens (including phenoxy) is 2. The molecule has 0 aromatic heterocycles. The molecule has 1 atom stereocenters. The zero-order valence-electron chi connectivity index (χ0n) is 14.5. The molecule has 4 rings (SSSR count). The molecule has 2 aliphatic rings. The lowest BCUT2D eigenvalue weighted by Crippen LogP contribution is -2.25. The molecular formula is C21H23NO3. The summed E-state index contributed by atoms with van der Waals surface area (Å²) in [5.41, 5.74) is 3.18. The molecular weight excluding hydrogens is 314 g/mol. The number of carbonyl (C=O) groups excluding carboxylic acids is 1.